The van der Waals surface area contributed by atoms with Crippen LogP contribution < -0.4 is 9.47 Å². The van der Waals surface area contributed by atoms with E-state index in [0.29, 0.717) is 5.92 Å². The predicted octanol–water partition coefficient (Wildman–Crippen LogP) is 5.48. The number of ether oxygens (including phenoxy) is 2. The van der Waals surface area contributed by atoms with Gasteiger partial charge in [0.15, 0.2) is 0 Å². The summed E-state index contributed by atoms with van der Waals surface area (Å²) in [5, 5.41) is 0. The number of para-hydroxylation sites is 1. The lowest BCUT2D eigenvalue weighted by atomic mass is 9.87. The number of piperidine rings is 1. The normalized spacial score (nSPS) is 19.4. The molecule has 3 aromatic carbocycles. The molecule has 30 heavy (non-hydrogen) atoms. The van der Waals surface area contributed by atoms with Gasteiger partial charge >= 0.3 is 0 Å². The van der Waals surface area contributed by atoms with E-state index >= 15 is 0 Å². The zero-order chi connectivity index (χ0) is 20.8. The van der Waals surface area contributed by atoms with Crippen molar-refractivity contribution in [2.45, 2.75) is 31.8 Å². The highest BCUT2D eigenvalue weighted by molar-refractivity contribution is 5.33. The van der Waals surface area contributed by atoms with E-state index in [9.17, 15) is 0 Å². The molecule has 1 aliphatic rings. The molecule has 0 aliphatic carbocycles. The molecule has 3 heteroatoms. The summed E-state index contributed by atoms with van der Waals surface area (Å²) in [5.74, 6) is 2.30. The van der Waals surface area contributed by atoms with Crippen LogP contribution in [0.4, 0.5) is 0 Å². The molecule has 0 aromatic heterocycles. The van der Waals surface area contributed by atoms with Crippen molar-refractivity contribution in [2.75, 3.05) is 26.7 Å². The van der Waals surface area contributed by atoms with Crippen molar-refractivity contribution >= 4 is 0 Å². The molecule has 1 heterocycles. The first-order valence-corrected chi connectivity index (χ1v) is 10.9. The van der Waals surface area contributed by atoms with Crippen molar-refractivity contribution < 1.29 is 9.47 Å². The van der Waals surface area contributed by atoms with E-state index < -0.39 is 0 Å². The van der Waals surface area contributed by atoms with Crippen LogP contribution in [0.25, 0.3) is 0 Å². The molecule has 1 aliphatic heterocycles. The van der Waals surface area contributed by atoms with Crippen LogP contribution in [0.5, 0.6) is 11.5 Å². The van der Waals surface area contributed by atoms with Gasteiger partial charge in [0.1, 0.15) is 17.6 Å². The third-order valence-corrected chi connectivity index (χ3v) is 6.08. The lowest BCUT2D eigenvalue weighted by molar-refractivity contribution is 0.0778. The Morgan fingerprint density at radius 1 is 0.933 bits per heavy atom. The van der Waals surface area contributed by atoms with E-state index in [-0.39, 0.29) is 6.10 Å². The van der Waals surface area contributed by atoms with Gasteiger partial charge < -0.3 is 14.4 Å². The van der Waals surface area contributed by atoms with Crippen molar-refractivity contribution in [1.29, 1.82) is 0 Å². The Bertz CT molecular complexity index is 940. The van der Waals surface area contributed by atoms with Gasteiger partial charge in [-0.25, -0.2) is 0 Å². The molecule has 0 N–H and O–H groups in total. The highest BCUT2D eigenvalue weighted by atomic mass is 16.5. The zero-order valence-electron chi connectivity index (χ0n) is 18.0. The van der Waals surface area contributed by atoms with Crippen LogP contribution in [0.15, 0.2) is 78.9 Å². The quantitative estimate of drug-likeness (QED) is 0.523. The summed E-state index contributed by atoms with van der Waals surface area (Å²) in [6, 6.07) is 27.6. The van der Waals surface area contributed by atoms with Crippen LogP contribution in [-0.4, -0.2) is 37.7 Å². The molecule has 0 spiro atoms. The van der Waals surface area contributed by atoms with Gasteiger partial charge in [0.2, 0.25) is 0 Å². The van der Waals surface area contributed by atoms with Crippen LogP contribution in [0.1, 0.15) is 29.0 Å². The third-order valence-electron chi connectivity index (χ3n) is 6.08. The summed E-state index contributed by atoms with van der Waals surface area (Å²) in [5.41, 5.74) is 3.89. The first kappa shape index (κ1) is 20.5. The fraction of sp³-hybridized carbons (Fsp3) is 0.333. The monoisotopic (exact) mass is 401 g/mol. The molecule has 4 rings (SSSR count). The second-order valence-corrected chi connectivity index (χ2v) is 8.13. The first-order chi connectivity index (χ1) is 14.7. The predicted molar refractivity (Wildman–Crippen MR) is 123 cm³/mol. The molecule has 1 saturated heterocycles. The Balaban J connectivity index is 1.46. The summed E-state index contributed by atoms with van der Waals surface area (Å²) in [4.78, 5) is 2.58. The van der Waals surface area contributed by atoms with E-state index in [0.717, 1.165) is 44.0 Å². The summed E-state index contributed by atoms with van der Waals surface area (Å²) >= 11 is 0. The van der Waals surface area contributed by atoms with Gasteiger partial charge in [0.25, 0.3) is 0 Å². The molecule has 3 nitrogen and oxygen atoms in total. The van der Waals surface area contributed by atoms with Gasteiger partial charge in [0.05, 0.1) is 7.11 Å². The van der Waals surface area contributed by atoms with E-state index in [1.54, 1.807) is 7.11 Å². The molecule has 0 radical (unpaired) electrons. The Morgan fingerprint density at radius 3 is 2.53 bits per heavy atom. The molecular weight excluding hydrogens is 370 g/mol. The number of hydrogen-bond donors (Lipinski definition) is 0. The van der Waals surface area contributed by atoms with Crippen LogP contribution >= 0.6 is 0 Å². The minimum Gasteiger partial charge on any atom is -0.497 e. The van der Waals surface area contributed by atoms with E-state index in [4.69, 9.17) is 9.47 Å². The fourth-order valence-corrected chi connectivity index (χ4v) is 4.33. The average Bonchev–Trinajstić information content (AvgIpc) is 2.80. The topological polar surface area (TPSA) is 21.7 Å². The highest BCUT2D eigenvalue weighted by Crippen LogP contribution is 2.32. The number of benzene rings is 3. The summed E-state index contributed by atoms with van der Waals surface area (Å²) < 4.78 is 11.9. The second kappa shape index (κ2) is 9.82. The van der Waals surface area contributed by atoms with Crippen LogP contribution in [0.3, 0.4) is 0 Å². The molecule has 0 unspecified atom stereocenters. The van der Waals surface area contributed by atoms with E-state index in [2.05, 4.69) is 84.6 Å². The van der Waals surface area contributed by atoms with Crippen LogP contribution in [-0.2, 0) is 6.42 Å². The molecule has 156 valence electrons. The Morgan fingerprint density at radius 2 is 1.73 bits per heavy atom. The van der Waals surface area contributed by atoms with E-state index in [1.165, 1.54) is 16.7 Å². The number of hydrogen-bond acceptors (Lipinski definition) is 3. The smallest absolute Gasteiger partial charge is 0.122 e. The van der Waals surface area contributed by atoms with Crippen LogP contribution in [0, 0.1) is 6.92 Å². The average molecular weight is 402 g/mol. The minimum absolute atomic E-state index is 0.196. The molecule has 0 saturated carbocycles. The van der Waals surface area contributed by atoms with Gasteiger partial charge in [-0.15, -0.1) is 0 Å². The molecule has 1 fully saturated rings. The van der Waals surface area contributed by atoms with Gasteiger partial charge in [0, 0.05) is 25.6 Å². The number of nitrogens with zero attached hydrogens (tertiary/aromatic N) is 1. The van der Waals surface area contributed by atoms with Gasteiger partial charge in [-0.05, 0) is 54.7 Å². The van der Waals surface area contributed by atoms with Crippen molar-refractivity contribution in [3.05, 3.63) is 95.6 Å². The van der Waals surface area contributed by atoms with Crippen molar-refractivity contribution in [3.8, 4) is 11.5 Å². The third kappa shape index (κ3) is 5.03. The molecule has 3 aromatic rings. The second-order valence-electron chi connectivity index (χ2n) is 8.13. The molecule has 0 amide bonds. The van der Waals surface area contributed by atoms with Crippen molar-refractivity contribution in [2.24, 2.45) is 0 Å². The molecule has 2 atom stereocenters. The van der Waals surface area contributed by atoms with E-state index in [1.807, 2.05) is 6.07 Å². The summed E-state index contributed by atoms with van der Waals surface area (Å²) in [6.07, 6.45) is 2.26. The minimum atomic E-state index is 0.196. The van der Waals surface area contributed by atoms with Crippen molar-refractivity contribution in [1.82, 2.24) is 4.90 Å². The maximum atomic E-state index is 6.55. The standard InChI is InChI=1S/C27H31NO2/c1-21-9-6-7-14-26(21)30-27-16-18-28(20-25(27)23-11-4-3-5-12-23)17-15-22-10-8-13-24(19-22)29-2/h3-14,19,25,27H,15-18,20H2,1-2H3/t25-,27-/m0/s1. The van der Waals surface area contributed by atoms with Gasteiger partial charge in [-0.1, -0.05) is 60.7 Å². The maximum absolute atomic E-state index is 6.55. The Hall–Kier alpha value is -2.78. The van der Waals surface area contributed by atoms with Gasteiger partial charge in [-0.2, -0.15) is 0 Å². The maximum Gasteiger partial charge on any atom is 0.122 e. The summed E-state index contributed by atoms with van der Waals surface area (Å²) in [6.45, 7) is 5.25. The zero-order valence-corrected chi connectivity index (χ0v) is 18.0. The molecular formula is C27H31NO2. The highest BCUT2D eigenvalue weighted by Gasteiger charge is 2.32. The fourth-order valence-electron chi connectivity index (χ4n) is 4.33. The Kier molecular flexibility index (Phi) is 6.70. The summed E-state index contributed by atoms with van der Waals surface area (Å²) in [7, 11) is 1.72. The number of aryl methyl sites for hydroxylation is 1. The van der Waals surface area contributed by atoms with Crippen LogP contribution in [0.2, 0.25) is 0 Å². The van der Waals surface area contributed by atoms with Crippen molar-refractivity contribution in [3.63, 3.8) is 0 Å². The molecule has 0 bridgehead atoms. The lowest BCUT2D eigenvalue weighted by Crippen LogP contribution is -2.45. The SMILES string of the molecule is COc1cccc(CCN2CC[C@H](Oc3ccccc3C)[C@H](c3ccccc3)C2)c1. The number of methoxy groups -OCH3 is 1. The number of rotatable bonds is 7. The largest absolute Gasteiger partial charge is 0.497 e. The lowest BCUT2D eigenvalue weighted by Gasteiger charge is -2.39. The number of likely N-dealkylation sites (tertiary alicyclic amines) is 1. The Labute approximate surface area is 180 Å². The van der Waals surface area contributed by atoms with Gasteiger partial charge in [-0.3, -0.25) is 0 Å². The first-order valence-electron chi connectivity index (χ1n) is 10.9.